The van der Waals surface area contributed by atoms with Gasteiger partial charge in [0.1, 0.15) is 5.84 Å². The summed E-state index contributed by atoms with van der Waals surface area (Å²) in [4.78, 5) is 2.20. The molecule has 0 atom stereocenters. The average Bonchev–Trinajstić information content (AvgIpc) is 1.96. The molecule has 0 aliphatic heterocycles. The van der Waals surface area contributed by atoms with Crippen molar-refractivity contribution in [2.24, 2.45) is 11.3 Å². The van der Waals surface area contributed by atoms with Gasteiger partial charge in [0.2, 0.25) is 0 Å². The normalized spacial score (nSPS) is 12.4. The van der Waals surface area contributed by atoms with Gasteiger partial charge in [-0.15, -0.1) is 0 Å². The predicted octanol–water partition coefficient (Wildman–Crippen LogP) is 3.38. The summed E-state index contributed by atoms with van der Waals surface area (Å²) in [5.74, 6) is 1.36. The first-order valence-electron chi connectivity index (χ1n) is 5.52. The Kier molecular flexibility index (Phi) is 4.63. The van der Waals surface area contributed by atoms with Crippen LogP contribution in [0.1, 0.15) is 48.5 Å². The van der Waals surface area contributed by atoms with E-state index in [-0.39, 0.29) is 5.41 Å². The van der Waals surface area contributed by atoms with E-state index in [1.54, 1.807) is 0 Å². The van der Waals surface area contributed by atoms with Crippen LogP contribution in [-0.2, 0) is 0 Å². The van der Waals surface area contributed by atoms with Crippen molar-refractivity contribution in [1.82, 2.24) is 4.90 Å². The highest BCUT2D eigenvalue weighted by atomic mass is 15.2. The van der Waals surface area contributed by atoms with Gasteiger partial charge in [-0.25, -0.2) is 0 Å². The van der Waals surface area contributed by atoms with Crippen molar-refractivity contribution in [3.63, 3.8) is 0 Å². The average molecular weight is 198 g/mol. The van der Waals surface area contributed by atoms with E-state index in [2.05, 4.69) is 53.4 Å². The molecule has 0 saturated heterocycles. The highest BCUT2D eigenvalue weighted by Gasteiger charge is 2.25. The first kappa shape index (κ1) is 13.5. The Hall–Kier alpha value is -0.530. The van der Waals surface area contributed by atoms with Crippen molar-refractivity contribution in [1.29, 1.82) is 5.41 Å². The van der Waals surface area contributed by atoms with Gasteiger partial charge in [0.25, 0.3) is 0 Å². The largest absolute Gasteiger partial charge is 0.357 e. The number of nitrogens with one attached hydrogen (secondary N) is 1. The van der Waals surface area contributed by atoms with Gasteiger partial charge in [-0.3, -0.25) is 5.41 Å². The molecule has 1 N–H and O–H groups in total. The molecular formula is C12H26N2. The third-order valence-corrected chi connectivity index (χ3v) is 2.18. The summed E-state index contributed by atoms with van der Waals surface area (Å²) in [6.07, 6.45) is 0. The minimum atomic E-state index is -0.0425. The van der Waals surface area contributed by atoms with E-state index in [9.17, 15) is 0 Å². The minimum absolute atomic E-state index is 0.0425. The van der Waals surface area contributed by atoms with Crippen LogP contribution >= 0.6 is 0 Å². The Labute approximate surface area is 89.2 Å². The molecule has 2 heteroatoms. The molecule has 0 saturated carbocycles. The lowest BCUT2D eigenvalue weighted by atomic mass is 9.93. The molecular weight excluding hydrogens is 172 g/mol. The van der Waals surface area contributed by atoms with Gasteiger partial charge < -0.3 is 4.90 Å². The second kappa shape index (κ2) is 4.81. The van der Waals surface area contributed by atoms with Gasteiger partial charge >= 0.3 is 0 Å². The van der Waals surface area contributed by atoms with E-state index < -0.39 is 0 Å². The second-order valence-corrected chi connectivity index (χ2v) is 5.74. The van der Waals surface area contributed by atoms with Crippen LogP contribution in [0, 0.1) is 16.7 Å². The summed E-state index contributed by atoms with van der Waals surface area (Å²) in [6, 6.07) is 0.420. The summed E-state index contributed by atoms with van der Waals surface area (Å²) < 4.78 is 0. The van der Waals surface area contributed by atoms with Crippen LogP contribution in [-0.4, -0.2) is 23.3 Å². The number of amidine groups is 1. The fourth-order valence-corrected chi connectivity index (χ4v) is 1.38. The Bertz CT molecular complexity index is 187. The molecule has 0 aromatic rings. The Morgan fingerprint density at radius 3 is 1.79 bits per heavy atom. The van der Waals surface area contributed by atoms with Crippen LogP contribution in [0.15, 0.2) is 0 Å². The van der Waals surface area contributed by atoms with Crippen molar-refractivity contribution in [2.45, 2.75) is 54.5 Å². The fraction of sp³-hybridized carbons (Fsp3) is 0.917. The molecule has 0 aromatic carbocycles. The SMILES string of the molecule is CC(C)CN(C(=N)C(C)(C)C)C(C)C. The van der Waals surface area contributed by atoms with Crippen LogP contribution < -0.4 is 0 Å². The maximum Gasteiger partial charge on any atom is 0.101 e. The summed E-state index contributed by atoms with van der Waals surface area (Å²) in [5, 5.41) is 8.15. The molecule has 0 unspecified atom stereocenters. The van der Waals surface area contributed by atoms with Gasteiger partial charge in [0, 0.05) is 18.0 Å². The zero-order valence-electron chi connectivity index (χ0n) is 10.8. The lowest BCUT2D eigenvalue weighted by molar-refractivity contribution is 0.281. The van der Waals surface area contributed by atoms with E-state index in [4.69, 9.17) is 5.41 Å². The summed E-state index contributed by atoms with van der Waals surface area (Å²) >= 11 is 0. The van der Waals surface area contributed by atoms with Crippen LogP contribution in [0.2, 0.25) is 0 Å². The van der Waals surface area contributed by atoms with Crippen LogP contribution in [0.3, 0.4) is 0 Å². The van der Waals surface area contributed by atoms with E-state index >= 15 is 0 Å². The van der Waals surface area contributed by atoms with Crippen molar-refractivity contribution in [3.8, 4) is 0 Å². The molecule has 0 heterocycles. The summed E-state index contributed by atoms with van der Waals surface area (Å²) in [5.41, 5.74) is -0.0425. The molecule has 0 aliphatic carbocycles. The smallest absolute Gasteiger partial charge is 0.101 e. The second-order valence-electron chi connectivity index (χ2n) is 5.74. The Morgan fingerprint density at radius 2 is 1.57 bits per heavy atom. The molecule has 0 aromatic heterocycles. The number of hydrogen-bond acceptors (Lipinski definition) is 1. The van der Waals surface area contributed by atoms with E-state index in [0.29, 0.717) is 12.0 Å². The fourth-order valence-electron chi connectivity index (χ4n) is 1.38. The highest BCUT2D eigenvalue weighted by Crippen LogP contribution is 2.20. The van der Waals surface area contributed by atoms with Gasteiger partial charge in [-0.2, -0.15) is 0 Å². The molecule has 0 bridgehead atoms. The molecule has 0 spiro atoms. The summed E-state index contributed by atoms with van der Waals surface area (Å²) in [6.45, 7) is 16.0. The van der Waals surface area contributed by atoms with Crippen molar-refractivity contribution in [3.05, 3.63) is 0 Å². The Morgan fingerprint density at radius 1 is 1.14 bits per heavy atom. The molecule has 0 radical (unpaired) electrons. The van der Waals surface area contributed by atoms with Crippen molar-refractivity contribution < 1.29 is 0 Å². The zero-order valence-corrected chi connectivity index (χ0v) is 10.8. The number of hydrogen-bond donors (Lipinski definition) is 1. The van der Waals surface area contributed by atoms with E-state index in [0.717, 1.165) is 12.4 Å². The van der Waals surface area contributed by atoms with E-state index in [1.807, 2.05) is 0 Å². The maximum absolute atomic E-state index is 8.15. The lowest BCUT2D eigenvalue weighted by Gasteiger charge is -2.36. The quantitative estimate of drug-likeness (QED) is 0.546. The van der Waals surface area contributed by atoms with Gasteiger partial charge in [-0.1, -0.05) is 34.6 Å². The number of nitrogens with zero attached hydrogens (tertiary/aromatic N) is 1. The first-order chi connectivity index (χ1) is 6.16. The van der Waals surface area contributed by atoms with E-state index in [1.165, 1.54) is 0 Å². The predicted molar refractivity (Wildman–Crippen MR) is 63.9 cm³/mol. The van der Waals surface area contributed by atoms with Crippen molar-refractivity contribution in [2.75, 3.05) is 6.54 Å². The third kappa shape index (κ3) is 4.12. The Balaban J connectivity index is 4.59. The van der Waals surface area contributed by atoms with Gasteiger partial charge in [0.15, 0.2) is 0 Å². The molecule has 0 fully saturated rings. The topological polar surface area (TPSA) is 27.1 Å². The maximum atomic E-state index is 8.15. The van der Waals surface area contributed by atoms with Crippen LogP contribution in [0.5, 0.6) is 0 Å². The molecule has 2 nitrogen and oxygen atoms in total. The molecule has 0 amide bonds. The molecule has 0 rings (SSSR count). The van der Waals surface area contributed by atoms with Crippen molar-refractivity contribution >= 4 is 5.84 Å². The zero-order chi connectivity index (χ0) is 11.5. The monoisotopic (exact) mass is 198 g/mol. The molecule has 14 heavy (non-hydrogen) atoms. The standard InChI is InChI=1S/C12H26N2/c1-9(2)8-14(10(3)4)11(13)12(5,6)7/h9-10,13H,8H2,1-7H3. The third-order valence-electron chi connectivity index (χ3n) is 2.18. The number of rotatable bonds is 3. The van der Waals surface area contributed by atoms with Crippen LogP contribution in [0.4, 0.5) is 0 Å². The molecule has 84 valence electrons. The van der Waals surface area contributed by atoms with Gasteiger partial charge in [-0.05, 0) is 19.8 Å². The lowest BCUT2D eigenvalue weighted by Crippen LogP contribution is -2.44. The summed E-state index contributed by atoms with van der Waals surface area (Å²) in [7, 11) is 0. The first-order valence-corrected chi connectivity index (χ1v) is 5.52. The highest BCUT2D eigenvalue weighted by molar-refractivity contribution is 5.84. The molecule has 0 aliphatic rings. The minimum Gasteiger partial charge on any atom is -0.357 e. The van der Waals surface area contributed by atoms with Crippen LogP contribution in [0.25, 0.3) is 0 Å². The van der Waals surface area contributed by atoms with Gasteiger partial charge in [0.05, 0.1) is 0 Å².